The Morgan fingerprint density at radius 1 is 1.08 bits per heavy atom. The number of halogens is 1. The van der Waals surface area contributed by atoms with Crippen LogP contribution in [0.1, 0.15) is 17.2 Å². The third-order valence-electron chi connectivity index (χ3n) is 3.75. The Labute approximate surface area is 140 Å². The Morgan fingerprint density at radius 2 is 1.71 bits per heavy atom. The fourth-order valence-corrected chi connectivity index (χ4v) is 2.58. The van der Waals surface area contributed by atoms with Crippen molar-refractivity contribution in [2.45, 2.75) is 12.6 Å². The van der Waals surface area contributed by atoms with Gasteiger partial charge in [0.15, 0.2) is 6.04 Å². The lowest BCUT2D eigenvalue weighted by atomic mass is 10.0. The van der Waals surface area contributed by atoms with Crippen LogP contribution in [-0.4, -0.2) is 26.0 Å². The van der Waals surface area contributed by atoms with Crippen molar-refractivity contribution < 1.29 is 18.9 Å². The third-order valence-corrected chi connectivity index (χ3v) is 3.75. The van der Waals surface area contributed by atoms with Gasteiger partial charge in [-0.15, -0.1) is 0 Å². The molecule has 0 spiro atoms. The predicted molar refractivity (Wildman–Crippen MR) is 88.8 cm³/mol. The van der Waals surface area contributed by atoms with Crippen LogP contribution in [0.5, 0.6) is 0 Å². The number of carbonyl (C=O) groups excluding carboxylic acids is 2. The van der Waals surface area contributed by atoms with Gasteiger partial charge in [-0.3, -0.25) is 10.1 Å². The average molecular weight is 330 g/mol. The monoisotopic (exact) mass is 330 g/mol. The molecule has 24 heavy (non-hydrogen) atoms. The Bertz CT molecular complexity index is 689. The summed E-state index contributed by atoms with van der Waals surface area (Å²) in [5, 5.41) is 4.71. The van der Waals surface area contributed by atoms with E-state index in [2.05, 4.69) is 10.6 Å². The fraction of sp³-hybridized carbons (Fsp3) is 0.222. The van der Waals surface area contributed by atoms with Crippen molar-refractivity contribution in [3.8, 4) is 0 Å². The maximum Gasteiger partial charge on any atom is 0.321 e. The summed E-state index contributed by atoms with van der Waals surface area (Å²) in [5.41, 5.74) is 1.71. The summed E-state index contributed by atoms with van der Waals surface area (Å²) >= 11 is 0. The number of nitrogens with one attached hydrogen (secondary N) is 3. The largest absolute Gasteiger partial charge is 0.341 e. The van der Waals surface area contributed by atoms with Crippen LogP contribution >= 0.6 is 0 Å². The first kappa shape index (κ1) is 17.6. The van der Waals surface area contributed by atoms with E-state index in [0.29, 0.717) is 6.54 Å². The highest BCUT2D eigenvalue weighted by Gasteiger charge is 2.30. The van der Waals surface area contributed by atoms with Crippen molar-refractivity contribution in [1.29, 1.82) is 0 Å². The van der Waals surface area contributed by atoms with Gasteiger partial charge in [-0.2, -0.15) is 0 Å². The van der Waals surface area contributed by atoms with Gasteiger partial charge in [0.2, 0.25) is 0 Å². The maximum atomic E-state index is 13.0. The highest BCUT2D eigenvalue weighted by molar-refractivity contribution is 5.96. The van der Waals surface area contributed by atoms with Crippen LogP contribution in [0.15, 0.2) is 54.6 Å². The summed E-state index contributed by atoms with van der Waals surface area (Å²) in [5.74, 6) is -0.687. The zero-order chi connectivity index (χ0) is 17.5. The topological polar surface area (TPSA) is 62.6 Å². The third kappa shape index (κ3) is 4.63. The fourth-order valence-electron chi connectivity index (χ4n) is 2.58. The van der Waals surface area contributed by atoms with E-state index in [1.54, 1.807) is 12.1 Å². The molecule has 3 amide bonds. The average Bonchev–Trinajstić information content (AvgIpc) is 2.58. The van der Waals surface area contributed by atoms with Crippen LogP contribution in [0.2, 0.25) is 0 Å². The maximum absolute atomic E-state index is 13.0. The second-order valence-corrected chi connectivity index (χ2v) is 5.56. The van der Waals surface area contributed by atoms with Crippen LogP contribution < -0.4 is 15.5 Å². The van der Waals surface area contributed by atoms with E-state index in [0.717, 1.165) is 16.0 Å². The molecule has 2 aromatic rings. The van der Waals surface area contributed by atoms with Crippen molar-refractivity contribution in [3.63, 3.8) is 0 Å². The summed E-state index contributed by atoms with van der Waals surface area (Å²) in [4.78, 5) is 24.9. The molecule has 6 heteroatoms. The molecule has 0 heterocycles. The molecular formula is C18H21FN3O2+. The lowest BCUT2D eigenvalue weighted by molar-refractivity contribution is -0.916. The SMILES string of the molecule is CNC(=O)NC(=O)[C@H](c1ccccc1)[NH+](C)Cc1ccc(F)cc1. The minimum Gasteiger partial charge on any atom is -0.341 e. The zero-order valence-electron chi connectivity index (χ0n) is 13.7. The molecule has 3 N–H and O–H groups in total. The first-order chi connectivity index (χ1) is 11.5. The lowest BCUT2D eigenvalue weighted by Crippen LogP contribution is -3.09. The number of urea groups is 1. The Hall–Kier alpha value is -2.73. The van der Waals surface area contributed by atoms with Crippen molar-refractivity contribution >= 4 is 11.9 Å². The van der Waals surface area contributed by atoms with Gasteiger partial charge in [0.05, 0.1) is 7.05 Å². The summed E-state index contributed by atoms with van der Waals surface area (Å²) in [6.45, 7) is 0.515. The van der Waals surface area contributed by atoms with Gasteiger partial charge in [-0.25, -0.2) is 9.18 Å². The molecule has 5 nitrogen and oxygen atoms in total. The summed E-state index contributed by atoms with van der Waals surface area (Å²) in [6.07, 6.45) is 0. The van der Waals surface area contributed by atoms with Crippen molar-refractivity contribution in [2.75, 3.05) is 14.1 Å². The molecule has 126 valence electrons. The minimum atomic E-state index is -0.562. The van der Waals surface area contributed by atoms with E-state index >= 15 is 0 Å². The molecule has 1 unspecified atom stereocenters. The number of imide groups is 1. The summed E-state index contributed by atoms with van der Waals surface area (Å²) < 4.78 is 13.0. The number of amides is 3. The van der Waals surface area contributed by atoms with E-state index in [4.69, 9.17) is 0 Å². The van der Waals surface area contributed by atoms with Crippen LogP contribution in [0.4, 0.5) is 9.18 Å². The Kier molecular flexibility index (Phi) is 6.03. The molecule has 0 aliphatic carbocycles. The van der Waals surface area contributed by atoms with Gasteiger partial charge in [0, 0.05) is 18.2 Å². The van der Waals surface area contributed by atoms with E-state index in [-0.39, 0.29) is 11.7 Å². The standard InChI is InChI=1S/C18H20FN3O2/c1-20-18(24)21-17(23)16(14-6-4-3-5-7-14)22(2)12-13-8-10-15(19)11-9-13/h3-11,16H,12H2,1-2H3,(H2,20,21,23,24)/p+1/t16-/m0/s1. The number of likely N-dealkylation sites (N-methyl/N-ethyl adjacent to an activating group) is 1. The van der Waals surface area contributed by atoms with Crippen LogP contribution in [0, 0.1) is 5.82 Å². The number of hydrogen-bond donors (Lipinski definition) is 3. The minimum absolute atomic E-state index is 0.298. The smallest absolute Gasteiger partial charge is 0.321 e. The van der Waals surface area contributed by atoms with Crippen LogP contribution in [0.3, 0.4) is 0 Å². The predicted octanol–water partition coefficient (Wildman–Crippen LogP) is 1.04. The molecular weight excluding hydrogens is 309 g/mol. The molecule has 0 saturated carbocycles. The number of benzene rings is 2. The van der Waals surface area contributed by atoms with Gasteiger partial charge in [0.25, 0.3) is 5.91 Å². The van der Waals surface area contributed by atoms with Gasteiger partial charge >= 0.3 is 6.03 Å². The number of carbonyl (C=O) groups is 2. The van der Waals surface area contributed by atoms with Gasteiger partial charge in [-0.05, 0) is 12.1 Å². The van der Waals surface area contributed by atoms with Gasteiger partial charge < -0.3 is 10.2 Å². The van der Waals surface area contributed by atoms with Crippen LogP contribution in [0.25, 0.3) is 0 Å². The molecule has 0 saturated heterocycles. The van der Waals surface area contributed by atoms with Gasteiger partial charge in [0.1, 0.15) is 12.4 Å². The first-order valence-corrected chi connectivity index (χ1v) is 7.65. The molecule has 0 bridgehead atoms. The van der Waals surface area contributed by atoms with Gasteiger partial charge in [-0.1, -0.05) is 42.5 Å². The molecule has 2 aromatic carbocycles. The van der Waals surface area contributed by atoms with E-state index in [1.807, 2.05) is 37.4 Å². The molecule has 2 rings (SSSR count). The molecule has 0 aliphatic rings. The van der Waals surface area contributed by atoms with E-state index < -0.39 is 12.1 Å². The van der Waals surface area contributed by atoms with Crippen LogP contribution in [-0.2, 0) is 11.3 Å². The molecule has 2 atom stereocenters. The van der Waals surface area contributed by atoms with Crippen molar-refractivity contribution in [2.24, 2.45) is 0 Å². The second kappa shape index (κ2) is 8.21. The van der Waals surface area contributed by atoms with Crippen molar-refractivity contribution in [1.82, 2.24) is 10.6 Å². The summed E-state index contributed by atoms with van der Waals surface area (Å²) in [7, 11) is 3.32. The summed E-state index contributed by atoms with van der Waals surface area (Å²) in [6, 6.07) is 14.3. The first-order valence-electron chi connectivity index (χ1n) is 7.65. The molecule has 0 aliphatic heterocycles. The number of rotatable bonds is 5. The number of hydrogen-bond acceptors (Lipinski definition) is 2. The molecule has 0 aromatic heterocycles. The van der Waals surface area contributed by atoms with Crippen molar-refractivity contribution in [3.05, 3.63) is 71.5 Å². The lowest BCUT2D eigenvalue weighted by Gasteiger charge is -2.24. The quantitative estimate of drug-likeness (QED) is 0.767. The normalized spacial score (nSPS) is 13.0. The molecule has 0 fully saturated rings. The second-order valence-electron chi connectivity index (χ2n) is 5.56. The number of quaternary nitrogens is 1. The molecule has 0 radical (unpaired) electrons. The Morgan fingerprint density at radius 3 is 2.29 bits per heavy atom. The highest BCUT2D eigenvalue weighted by atomic mass is 19.1. The highest BCUT2D eigenvalue weighted by Crippen LogP contribution is 2.10. The Balaban J connectivity index is 2.22. The van der Waals surface area contributed by atoms with E-state index in [9.17, 15) is 14.0 Å². The van der Waals surface area contributed by atoms with E-state index in [1.165, 1.54) is 19.2 Å². The zero-order valence-corrected chi connectivity index (χ0v) is 13.7.